The third kappa shape index (κ3) is 3.67. The first-order valence-corrected chi connectivity index (χ1v) is 9.46. The molecule has 1 aliphatic carbocycles. The Morgan fingerprint density at radius 1 is 1.27 bits per heavy atom. The van der Waals surface area contributed by atoms with E-state index in [0.717, 1.165) is 23.3 Å². The first-order valence-electron chi connectivity index (χ1n) is 8.71. The predicted molar refractivity (Wildman–Crippen MR) is 99.1 cm³/mol. The summed E-state index contributed by atoms with van der Waals surface area (Å²) in [6, 6.07) is 4.51. The average molecular weight is 398 g/mol. The van der Waals surface area contributed by atoms with Gasteiger partial charge in [0.15, 0.2) is 0 Å². The standard InChI is InChI=1S/C18H21Cl2N3O3/c1-11(12-4-5-13(19)14(20)10-12)21-15(24)6-9-23-16(25)18(22-17(23)26)7-2-3-8-18/h4-5,10-11H,2-3,6-9H2,1H3,(H,21,24)(H,22,26). The van der Waals surface area contributed by atoms with Crippen LogP contribution in [0.2, 0.25) is 10.0 Å². The number of hydrogen-bond acceptors (Lipinski definition) is 3. The van der Waals surface area contributed by atoms with E-state index in [1.807, 2.05) is 6.92 Å². The zero-order valence-electron chi connectivity index (χ0n) is 14.5. The summed E-state index contributed by atoms with van der Waals surface area (Å²) in [5.74, 6) is -0.443. The summed E-state index contributed by atoms with van der Waals surface area (Å²) in [5.41, 5.74) is 0.0913. The third-order valence-corrected chi connectivity index (χ3v) is 5.83. The van der Waals surface area contributed by atoms with Crippen LogP contribution in [-0.2, 0) is 9.59 Å². The van der Waals surface area contributed by atoms with Gasteiger partial charge in [-0.3, -0.25) is 14.5 Å². The molecule has 1 saturated carbocycles. The highest BCUT2D eigenvalue weighted by Crippen LogP contribution is 2.35. The summed E-state index contributed by atoms with van der Waals surface area (Å²) in [5, 5.41) is 6.53. The number of carbonyl (C=O) groups excluding carboxylic acids is 3. The van der Waals surface area contributed by atoms with Crippen LogP contribution < -0.4 is 10.6 Å². The summed E-state index contributed by atoms with van der Waals surface area (Å²) in [6.45, 7) is 1.91. The molecule has 1 saturated heterocycles. The van der Waals surface area contributed by atoms with Crippen LogP contribution in [0.5, 0.6) is 0 Å². The molecule has 1 heterocycles. The highest BCUT2D eigenvalue weighted by molar-refractivity contribution is 6.42. The first-order chi connectivity index (χ1) is 12.3. The molecule has 26 heavy (non-hydrogen) atoms. The van der Waals surface area contributed by atoms with E-state index < -0.39 is 11.6 Å². The average Bonchev–Trinajstić information content (AvgIpc) is 3.14. The quantitative estimate of drug-likeness (QED) is 0.746. The van der Waals surface area contributed by atoms with E-state index >= 15 is 0 Å². The SMILES string of the molecule is CC(NC(=O)CCN1C(=O)NC2(CCCC2)C1=O)c1ccc(Cl)c(Cl)c1. The zero-order valence-corrected chi connectivity index (χ0v) is 16.0. The van der Waals surface area contributed by atoms with E-state index in [1.54, 1.807) is 18.2 Å². The summed E-state index contributed by atoms with van der Waals surface area (Å²) in [7, 11) is 0. The highest BCUT2D eigenvalue weighted by atomic mass is 35.5. The Kier molecular flexibility index (Phi) is 5.44. The lowest BCUT2D eigenvalue weighted by Crippen LogP contribution is -2.44. The van der Waals surface area contributed by atoms with Gasteiger partial charge >= 0.3 is 6.03 Å². The third-order valence-electron chi connectivity index (χ3n) is 5.09. The Bertz CT molecular complexity index is 747. The number of halogens is 2. The van der Waals surface area contributed by atoms with Crippen molar-refractivity contribution in [2.75, 3.05) is 6.54 Å². The molecule has 6 nitrogen and oxygen atoms in total. The minimum atomic E-state index is -0.735. The molecule has 0 bridgehead atoms. The smallest absolute Gasteiger partial charge is 0.325 e. The fraction of sp³-hybridized carbons (Fsp3) is 0.500. The maximum absolute atomic E-state index is 12.5. The molecule has 1 spiro atoms. The number of nitrogens with zero attached hydrogens (tertiary/aromatic N) is 1. The van der Waals surface area contributed by atoms with Gasteiger partial charge in [0, 0.05) is 13.0 Å². The maximum atomic E-state index is 12.5. The van der Waals surface area contributed by atoms with Crippen molar-refractivity contribution >= 4 is 41.0 Å². The molecule has 1 aliphatic heterocycles. The van der Waals surface area contributed by atoms with Crippen molar-refractivity contribution < 1.29 is 14.4 Å². The molecule has 8 heteroatoms. The largest absolute Gasteiger partial charge is 0.350 e. The Morgan fingerprint density at radius 3 is 2.62 bits per heavy atom. The summed E-state index contributed by atoms with van der Waals surface area (Å²) >= 11 is 11.9. The fourth-order valence-electron chi connectivity index (χ4n) is 3.59. The second kappa shape index (κ2) is 7.45. The molecule has 0 aromatic heterocycles. The minimum absolute atomic E-state index is 0.0565. The first kappa shape index (κ1) is 19.0. The summed E-state index contributed by atoms with van der Waals surface area (Å²) in [4.78, 5) is 38.0. The van der Waals surface area contributed by atoms with E-state index in [4.69, 9.17) is 23.2 Å². The van der Waals surface area contributed by atoms with Crippen LogP contribution in [0.4, 0.5) is 4.79 Å². The number of amides is 4. The van der Waals surface area contributed by atoms with Gasteiger partial charge in [-0.1, -0.05) is 42.1 Å². The molecule has 1 aromatic rings. The van der Waals surface area contributed by atoms with E-state index in [2.05, 4.69) is 10.6 Å². The maximum Gasteiger partial charge on any atom is 0.325 e. The van der Waals surface area contributed by atoms with Gasteiger partial charge in [-0.25, -0.2) is 4.79 Å². The molecule has 0 radical (unpaired) electrons. The zero-order chi connectivity index (χ0) is 18.9. The number of carbonyl (C=O) groups is 3. The van der Waals surface area contributed by atoms with Crippen LogP contribution in [0.25, 0.3) is 0 Å². The second-order valence-electron chi connectivity index (χ2n) is 6.89. The van der Waals surface area contributed by atoms with Gasteiger partial charge in [-0.05, 0) is 37.5 Å². The molecule has 1 aromatic carbocycles. The van der Waals surface area contributed by atoms with Crippen LogP contribution in [0.15, 0.2) is 18.2 Å². The van der Waals surface area contributed by atoms with Crippen molar-refractivity contribution in [3.63, 3.8) is 0 Å². The summed E-state index contributed by atoms with van der Waals surface area (Å²) < 4.78 is 0. The fourth-order valence-corrected chi connectivity index (χ4v) is 3.90. The van der Waals surface area contributed by atoms with Crippen LogP contribution in [0.1, 0.15) is 50.6 Å². The van der Waals surface area contributed by atoms with E-state index in [-0.39, 0.29) is 30.8 Å². The lowest BCUT2D eigenvalue weighted by Gasteiger charge is -2.20. The topological polar surface area (TPSA) is 78.5 Å². The van der Waals surface area contributed by atoms with Crippen LogP contribution >= 0.6 is 23.2 Å². The van der Waals surface area contributed by atoms with E-state index in [1.165, 1.54) is 0 Å². The lowest BCUT2D eigenvalue weighted by molar-refractivity contribution is -0.131. The van der Waals surface area contributed by atoms with Gasteiger partial charge in [0.05, 0.1) is 16.1 Å². The van der Waals surface area contributed by atoms with Gasteiger partial charge in [0.25, 0.3) is 5.91 Å². The van der Waals surface area contributed by atoms with Gasteiger partial charge in [0.2, 0.25) is 5.91 Å². The summed E-state index contributed by atoms with van der Waals surface area (Å²) in [6.07, 6.45) is 3.27. The van der Waals surface area contributed by atoms with Crippen molar-refractivity contribution in [3.05, 3.63) is 33.8 Å². The van der Waals surface area contributed by atoms with Gasteiger partial charge in [0.1, 0.15) is 5.54 Å². The molecule has 140 valence electrons. The van der Waals surface area contributed by atoms with Crippen molar-refractivity contribution in [2.24, 2.45) is 0 Å². The molecule has 4 amide bonds. The molecular weight excluding hydrogens is 377 g/mol. The van der Waals surface area contributed by atoms with Gasteiger partial charge in [-0.2, -0.15) is 0 Å². The number of rotatable bonds is 5. The van der Waals surface area contributed by atoms with Crippen LogP contribution in [0, 0.1) is 0 Å². The number of nitrogens with one attached hydrogen (secondary N) is 2. The Balaban J connectivity index is 1.54. The minimum Gasteiger partial charge on any atom is -0.350 e. The Labute approximate surface area is 162 Å². The molecule has 1 atom stereocenters. The Morgan fingerprint density at radius 2 is 1.96 bits per heavy atom. The molecule has 1 unspecified atom stereocenters. The van der Waals surface area contributed by atoms with Crippen molar-refractivity contribution in [1.29, 1.82) is 0 Å². The van der Waals surface area contributed by atoms with Crippen molar-refractivity contribution in [2.45, 2.75) is 50.6 Å². The molecule has 2 N–H and O–H groups in total. The number of hydrogen-bond donors (Lipinski definition) is 2. The normalized spacial score (nSPS) is 19.7. The van der Waals surface area contributed by atoms with Crippen molar-refractivity contribution in [1.82, 2.24) is 15.5 Å². The van der Waals surface area contributed by atoms with E-state index in [9.17, 15) is 14.4 Å². The van der Waals surface area contributed by atoms with Gasteiger partial charge < -0.3 is 10.6 Å². The lowest BCUT2D eigenvalue weighted by atomic mass is 9.98. The number of benzene rings is 1. The monoisotopic (exact) mass is 397 g/mol. The van der Waals surface area contributed by atoms with Crippen molar-refractivity contribution in [3.8, 4) is 0 Å². The van der Waals surface area contributed by atoms with E-state index in [0.29, 0.717) is 22.9 Å². The number of urea groups is 1. The second-order valence-corrected chi connectivity index (χ2v) is 7.70. The Hall–Kier alpha value is -1.79. The van der Waals surface area contributed by atoms with Gasteiger partial charge in [-0.15, -0.1) is 0 Å². The predicted octanol–water partition coefficient (Wildman–Crippen LogP) is 3.43. The van der Waals surface area contributed by atoms with Crippen LogP contribution in [-0.4, -0.2) is 34.8 Å². The highest BCUT2D eigenvalue weighted by Gasteiger charge is 2.52. The molecule has 2 fully saturated rings. The molecule has 3 rings (SSSR count). The number of imide groups is 1. The molecular formula is C18H21Cl2N3O3. The molecule has 2 aliphatic rings. The van der Waals surface area contributed by atoms with Crippen LogP contribution in [0.3, 0.4) is 0 Å².